The lowest BCUT2D eigenvalue weighted by molar-refractivity contribution is -0.139. The number of amides is 2. The molecule has 0 unspecified atom stereocenters. The second-order valence-corrected chi connectivity index (χ2v) is 12.5. The molecule has 1 atom stereocenters. The van der Waals surface area contributed by atoms with Gasteiger partial charge < -0.3 is 15.0 Å². The molecule has 0 fully saturated rings. The smallest absolute Gasteiger partial charge is 0.264 e. The number of aryl methyl sites for hydroxylation is 1. The van der Waals surface area contributed by atoms with Crippen molar-refractivity contribution in [3.8, 4) is 5.75 Å². The quantitative estimate of drug-likeness (QED) is 0.283. The molecule has 0 bridgehead atoms. The molecule has 0 saturated carbocycles. The number of nitrogens with one attached hydrogen (secondary N) is 1. The fraction of sp³-hybridized carbons (Fsp3) is 0.355. The lowest BCUT2D eigenvalue weighted by Crippen LogP contribution is -2.51. The molecule has 0 radical (unpaired) electrons. The van der Waals surface area contributed by atoms with Crippen molar-refractivity contribution in [1.29, 1.82) is 0 Å². The van der Waals surface area contributed by atoms with Gasteiger partial charge in [0.25, 0.3) is 10.0 Å². The number of hydrogen-bond donors (Lipinski definition) is 1. The van der Waals surface area contributed by atoms with Gasteiger partial charge in [-0.2, -0.15) is 0 Å². The van der Waals surface area contributed by atoms with E-state index in [0.29, 0.717) is 35.2 Å². The molecule has 0 heterocycles. The van der Waals surface area contributed by atoms with Gasteiger partial charge in [-0.3, -0.25) is 13.9 Å². The van der Waals surface area contributed by atoms with Gasteiger partial charge in [0.05, 0.1) is 17.2 Å². The zero-order chi connectivity index (χ0) is 30.2. The van der Waals surface area contributed by atoms with Crippen molar-refractivity contribution < 1.29 is 22.7 Å². The number of rotatable bonds is 13. The fourth-order valence-corrected chi connectivity index (χ4v) is 5.74. The number of carbonyl (C=O) groups is 2. The third-order valence-electron chi connectivity index (χ3n) is 6.42. The van der Waals surface area contributed by atoms with E-state index in [1.807, 2.05) is 27.7 Å². The van der Waals surface area contributed by atoms with E-state index >= 15 is 0 Å². The van der Waals surface area contributed by atoms with Crippen LogP contribution >= 0.6 is 11.6 Å². The normalized spacial score (nSPS) is 12.1. The van der Waals surface area contributed by atoms with Gasteiger partial charge in [0.1, 0.15) is 18.3 Å². The third-order valence-corrected chi connectivity index (χ3v) is 8.44. The Morgan fingerprint density at radius 2 is 1.63 bits per heavy atom. The van der Waals surface area contributed by atoms with Crippen LogP contribution in [-0.4, -0.2) is 50.9 Å². The van der Waals surface area contributed by atoms with E-state index in [1.165, 1.54) is 17.0 Å². The van der Waals surface area contributed by atoms with Crippen molar-refractivity contribution in [2.24, 2.45) is 5.92 Å². The summed E-state index contributed by atoms with van der Waals surface area (Å²) in [6, 6.07) is 19.1. The van der Waals surface area contributed by atoms with E-state index in [0.717, 1.165) is 9.87 Å². The molecule has 0 aromatic heterocycles. The first-order valence-corrected chi connectivity index (χ1v) is 15.4. The van der Waals surface area contributed by atoms with Crippen LogP contribution in [0.3, 0.4) is 0 Å². The maximum atomic E-state index is 14.0. The van der Waals surface area contributed by atoms with Crippen LogP contribution in [0.1, 0.15) is 38.8 Å². The molecule has 220 valence electrons. The number of carbonyl (C=O) groups excluding carboxylic acids is 2. The van der Waals surface area contributed by atoms with E-state index in [4.69, 9.17) is 16.3 Å². The summed E-state index contributed by atoms with van der Waals surface area (Å²) in [6.07, 6.45) is 0. The molecule has 0 aliphatic carbocycles. The minimum atomic E-state index is -4.17. The molecule has 1 N–H and O–H groups in total. The Morgan fingerprint density at radius 1 is 0.976 bits per heavy atom. The van der Waals surface area contributed by atoms with Crippen molar-refractivity contribution in [2.75, 3.05) is 24.0 Å². The fourth-order valence-electron chi connectivity index (χ4n) is 4.11. The van der Waals surface area contributed by atoms with Crippen LogP contribution in [0.2, 0.25) is 5.02 Å². The molecular formula is C31H38ClN3O5S. The maximum absolute atomic E-state index is 14.0. The average molecular weight is 600 g/mol. The van der Waals surface area contributed by atoms with Gasteiger partial charge in [-0.05, 0) is 80.8 Å². The molecular weight excluding hydrogens is 562 g/mol. The Labute approximate surface area is 248 Å². The Bertz CT molecular complexity index is 1430. The van der Waals surface area contributed by atoms with Crippen LogP contribution < -0.4 is 14.4 Å². The molecule has 0 saturated heterocycles. The van der Waals surface area contributed by atoms with Crippen molar-refractivity contribution in [2.45, 2.75) is 52.1 Å². The van der Waals surface area contributed by atoms with E-state index in [1.54, 1.807) is 67.6 Å². The highest BCUT2D eigenvalue weighted by molar-refractivity contribution is 7.92. The first kappa shape index (κ1) is 32.0. The van der Waals surface area contributed by atoms with E-state index in [2.05, 4.69) is 5.32 Å². The van der Waals surface area contributed by atoms with Crippen molar-refractivity contribution in [1.82, 2.24) is 10.2 Å². The summed E-state index contributed by atoms with van der Waals surface area (Å²) >= 11 is 6.19. The van der Waals surface area contributed by atoms with Crippen LogP contribution in [0.4, 0.5) is 5.69 Å². The first-order chi connectivity index (χ1) is 19.4. The summed E-state index contributed by atoms with van der Waals surface area (Å²) in [5.74, 6) is -0.101. The molecule has 10 heteroatoms. The zero-order valence-electron chi connectivity index (χ0n) is 24.1. The number of ether oxygens (including phenoxy) is 1. The Kier molecular flexibility index (Phi) is 11.2. The van der Waals surface area contributed by atoms with E-state index < -0.39 is 28.5 Å². The summed E-state index contributed by atoms with van der Waals surface area (Å²) in [7, 11) is -4.17. The van der Waals surface area contributed by atoms with Gasteiger partial charge >= 0.3 is 0 Å². The lowest BCUT2D eigenvalue weighted by Gasteiger charge is -2.32. The van der Waals surface area contributed by atoms with E-state index in [9.17, 15) is 18.0 Å². The molecule has 2 amide bonds. The van der Waals surface area contributed by atoms with Crippen LogP contribution in [0.15, 0.2) is 77.7 Å². The minimum Gasteiger partial charge on any atom is -0.494 e. The van der Waals surface area contributed by atoms with Crippen LogP contribution in [0.25, 0.3) is 0 Å². The van der Waals surface area contributed by atoms with Gasteiger partial charge in [-0.15, -0.1) is 0 Å². The van der Waals surface area contributed by atoms with Crippen molar-refractivity contribution >= 4 is 39.1 Å². The number of nitrogens with zero attached hydrogens (tertiary/aromatic N) is 2. The summed E-state index contributed by atoms with van der Waals surface area (Å²) < 4.78 is 34.4. The van der Waals surface area contributed by atoms with Crippen LogP contribution in [-0.2, 0) is 26.2 Å². The standard InChI is InChI=1S/C31H38ClN3O5S/c1-6-40-28-14-16-29(17-15-28)41(38,39)35(27-12-10-23(4)11-13-27)21-30(36)34(20-25-8-7-9-26(32)18-25)24(5)31(37)33-19-22(2)3/h7-18,22,24H,6,19-21H2,1-5H3,(H,33,37)/t24-/m1/s1. The molecule has 0 aliphatic heterocycles. The highest BCUT2D eigenvalue weighted by Gasteiger charge is 2.32. The monoisotopic (exact) mass is 599 g/mol. The molecule has 3 rings (SSSR count). The topological polar surface area (TPSA) is 96.0 Å². The predicted molar refractivity (Wildman–Crippen MR) is 163 cm³/mol. The maximum Gasteiger partial charge on any atom is 0.264 e. The van der Waals surface area contributed by atoms with Gasteiger partial charge in [0.15, 0.2) is 0 Å². The van der Waals surface area contributed by atoms with Gasteiger partial charge in [0.2, 0.25) is 11.8 Å². The Hall–Kier alpha value is -3.56. The second-order valence-electron chi connectivity index (χ2n) is 10.2. The number of hydrogen-bond acceptors (Lipinski definition) is 5. The molecule has 0 spiro atoms. The molecule has 3 aromatic carbocycles. The van der Waals surface area contributed by atoms with Crippen molar-refractivity contribution in [3.05, 3.63) is 88.9 Å². The minimum absolute atomic E-state index is 0.0124. The zero-order valence-corrected chi connectivity index (χ0v) is 25.7. The van der Waals surface area contributed by atoms with Gasteiger partial charge in [-0.1, -0.05) is 55.3 Å². The summed E-state index contributed by atoms with van der Waals surface area (Å²) in [6.45, 7) is 9.78. The summed E-state index contributed by atoms with van der Waals surface area (Å²) in [5, 5.41) is 3.37. The Morgan fingerprint density at radius 3 is 2.22 bits per heavy atom. The van der Waals surface area contributed by atoms with Gasteiger partial charge in [0, 0.05) is 18.1 Å². The summed E-state index contributed by atoms with van der Waals surface area (Å²) in [4.78, 5) is 28.4. The second kappa shape index (κ2) is 14.4. The number of benzene rings is 3. The summed E-state index contributed by atoms with van der Waals surface area (Å²) in [5.41, 5.74) is 1.99. The third kappa shape index (κ3) is 8.71. The highest BCUT2D eigenvalue weighted by atomic mass is 35.5. The lowest BCUT2D eigenvalue weighted by atomic mass is 10.1. The molecule has 3 aromatic rings. The number of sulfonamides is 1. The van der Waals surface area contributed by atoms with E-state index in [-0.39, 0.29) is 23.3 Å². The average Bonchev–Trinajstić information content (AvgIpc) is 2.94. The van der Waals surface area contributed by atoms with Crippen LogP contribution in [0, 0.1) is 12.8 Å². The number of anilines is 1. The Balaban J connectivity index is 2.00. The van der Waals surface area contributed by atoms with Gasteiger partial charge in [-0.25, -0.2) is 8.42 Å². The largest absolute Gasteiger partial charge is 0.494 e. The molecule has 41 heavy (non-hydrogen) atoms. The highest BCUT2D eigenvalue weighted by Crippen LogP contribution is 2.26. The van der Waals surface area contributed by atoms with Crippen molar-refractivity contribution in [3.63, 3.8) is 0 Å². The SMILES string of the molecule is CCOc1ccc(S(=O)(=O)N(CC(=O)N(Cc2cccc(Cl)c2)[C@H](C)C(=O)NCC(C)C)c2ccc(C)cc2)cc1. The first-order valence-electron chi connectivity index (χ1n) is 13.6. The predicted octanol–water partition coefficient (Wildman–Crippen LogP) is 5.43. The molecule has 8 nitrogen and oxygen atoms in total. The number of halogens is 1. The van der Waals surface area contributed by atoms with Crippen LogP contribution in [0.5, 0.6) is 5.75 Å². The molecule has 0 aliphatic rings.